The van der Waals surface area contributed by atoms with Gasteiger partial charge < -0.3 is 19.5 Å². The number of benzene rings is 2. The Morgan fingerprint density at radius 2 is 1.96 bits per heavy atom. The van der Waals surface area contributed by atoms with E-state index in [4.69, 9.17) is 26.4 Å². The third-order valence-electron chi connectivity index (χ3n) is 4.81. The molecule has 0 radical (unpaired) electrons. The highest BCUT2D eigenvalue weighted by molar-refractivity contribution is 7.80. The number of rotatable bonds is 4. The van der Waals surface area contributed by atoms with Crippen molar-refractivity contribution in [2.24, 2.45) is 5.92 Å². The predicted octanol–water partition coefficient (Wildman–Crippen LogP) is 3.19. The van der Waals surface area contributed by atoms with Crippen molar-refractivity contribution in [2.75, 3.05) is 13.7 Å². The molecule has 0 amide bonds. The highest BCUT2D eigenvalue weighted by Gasteiger charge is 2.40. The first kappa shape index (κ1) is 17.1. The molecule has 1 saturated heterocycles. The zero-order valence-electron chi connectivity index (χ0n) is 14.8. The van der Waals surface area contributed by atoms with Crippen LogP contribution in [0.25, 0.3) is 0 Å². The van der Waals surface area contributed by atoms with Crippen molar-refractivity contribution in [3.8, 4) is 17.2 Å². The van der Waals surface area contributed by atoms with E-state index in [0.29, 0.717) is 6.61 Å². The molecule has 0 aromatic heterocycles. The lowest BCUT2D eigenvalue weighted by molar-refractivity contribution is 0.0758. The van der Waals surface area contributed by atoms with E-state index in [9.17, 15) is 0 Å². The topological polar surface area (TPSA) is 51.8 Å². The highest BCUT2D eigenvalue weighted by atomic mass is 32.1. The molecule has 0 saturated carbocycles. The van der Waals surface area contributed by atoms with Gasteiger partial charge in [0, 0.05) is 5.56 Å². The molecule has 3 unspecified atom stereocenters. The summed E-state index contributed by atoms with van der Waals surface area (Å²) in [6, 6.07) is 13.9. The molecule has 2 N–H and O–H groups in total. The van der Waals surface area contributed by atoms with Gasteiger partial charge in [0.25, 0.3) is 0 Å². The molecular weight excluding hydrogens is 348 g/mol. The molecule has 0 aliphatic carbocycles. The van der Waals surface area contributed by atoms with E-state index in [1.807, 2.05) is 43.3 Å². The third-order valence-corrected chi connectivity index (χ3v) is 5.24. The van der Waals surface area contributed by atoms with E-state index < -0.39 is 0 Å². The van der Waals surface area contributed by atoms with Crippen LogP contribution in [0, 0.1) is 5.92 Å². The number of thiocarbonyl (C=S) groups is 1. The van der Waals surface area contributed by atoms with Gasteiger partial charge in [-0.25, -0.2) is 0 Å². The lowest BCUT2D eigenvalue weighted by atomic mass is 9.91. The minimum Gasteiger partial charge on any atom is -0.496 e. The molecule has 2 aromatic carbocycles. The summed E-state index contributed by atoms with van der Waals surface area (Å²) < 4.78 is 17.5. The zero-order valence-corrected chi connectivity index (χ0v) is 15.6. The standard InChI is InChI=1S/C20H22N2O3S/c1-3-24-16-10-6-7-12-11-14-19(25-17(12)16)21-18(22-20(14)26)13-8-4-5-9-15(13)23-2/h4-10,14,18-19,21H,3,11H2,1-2H3,(H,22,26). The van der Waals surface area contributed by atoms with Gasteiger partial charge in [-0.05, 0) is 31.0 Å². The Kier molecular flexibility index (Phi) is 4.70. The fraction of sp³-hybridized carbons (Fsp3) is 0.350. The lowest BCUT2D eigenvalue weighted by Crippen LogP contribution is -2.60. The fourth-order valence-corrected chi connectivity index (χ4v) is 3.91. The number of fused-ring (bicyclic) bond motifs is 2. The summed E-state index contributed by atoms with van der Waals surface area (Å²) in [6.45, 7) is 2.58. The highest BCUT2D eigenvalue weighted by Crippen LogP contribution is 2.40. The minimum absolute atomic E-state index is 0.0836. The van der Waals surface area contributed by atoms with E-state index >= 15 is 0 Å². The van der Waals surface area contributed by atoms with Gasteiger partial charge in [-0.1, -0.05) is 42.5 Å². The summed E-state index contributed by atoms with van der Waals surface area (Å²) in [7, 11) is 1.67. The van der Waals surface area contributed by atoms with Gasteiger partial charge in [0.2, 0.25) is 0 Å². The second kappa shape index (κ2) is 7.13. The normalized spacial score (nSPS) is 23.9. The first-order valence-corrected chi connectivity index (χ1v) is 9.22. The Labute approximate surface area is 158 Å². The summed E-state index contributed by atoms with van der Waals surface area (Å²) in [5.74, 6) is 2.49. The molecule has 26 heavy (non-hydrogen) atoms. The van der Waals surface area contributed by atoms with Crippen LogP contribution < -0.4 is 24.8 Å². The summed E-state index contributed by atoms with van der Waals surface area (Å²) in [5.41, 5.74) is 2.13. The number of nitrogens with one attached hydrogen (secondary N) is 2. The van der Waals surface area contributed by atoms with Crippen LogP contribution in [0.2, 0.25) is 0 Å². The summed E-state index contributed by atoms with van der Waals surface area (Å²) >= 11 is 5.67. The van der Waals surface area contributed by atoms with Crippen LogP contribution in [-0.2, 0) is 6.42 Å². The monoisotopic (exact) mass is 370 g/mol. The van der Waals surface area contributed by atoms with E-state index in [0.717, 1.165) is 39.8 Å². The Morgan fingerprint density at radius 3 is 2.77 bits per heavy atom. The Balaban J connectivity index is 1.64. The Morgan fingerprint density at radius 1 is 1.15 bits per heavy atom. The number of ether oxygens (including phenoxy) is 3. The first-order valence-electron chi connectivity index (χ1n) is 8.82. The molecule has 0 spiro atoms. The summed E-state index contributed by atoms with van der Waals surface area (Å²) in [6.07, 6.45) is 0.437. The average Bonchev–Trinajstić information content (AvgIpc) is 2.67. The molecule has 5 nitrogen and oxygen atoms in total. The van der Waals surface area contributed by atoms with Crippen LogP contribution >= 0.6 is 12.2 Å². The van der Waals surface area contributed by atoms with Crippen molar-refractivity contribution < 1.29 is 14.2 Å². The van der Waals surface area contributed by atoms with E-state index in [-0.39, 0.29) is 18.3 Å². The van der Waals surface area contributed by atoms with Gasteiger partial charge in [0.1, 0.15) is 11.9 Å². The second-order valence-electron chi connectivity index (χ2n) is 6.38. The van der Waals surface area contributed by atoms with Crippen molar-refractivity contribution >= 4 is 17.2 Å². The molecule has 4 rings (SSSR count). The van der Waals surface area contributed by atoms with E-state index in [1.165, 1.54) is 0 Å². The minimum atomic E-state index is -0.215. The number of hydrogen-bond donors (Lipinski definition) is 2. The van der Waals surface area contributed by atoms with E-state index in [2.05, 4.69) is 16.7 Å². The van der Waals surface area contributed by atoms with Gasteiger partial charge in [0.15, 0.2) is 17.7 Å². The molecule has 2 heterocycles. The van der Waals surface area contributed by atoms with Crippen LogP contribution in [-0.4, -0.2) is 24.9 Å². The van der Waals surface area contributed by atoms with Crippen LogP contribution in [0.3, 0.4) is 0 Å². The van der Waals surface area contributed by atoms with Crippen molar-refractivity contribution in [3.63, 3.8) is 0 Å². The van der Waals surface area contributed by atoms with Crippen LogP contribution in [0.5, 0.6) is 17.2 Å². The summed E-state index contributed by atoms with van der Waals surface area (Å²) in [4.78, 5) is 0.803. The molecule has 2 aromatic rings. The van der Waals surface area contributed by atoms with Crippen molar-refractivity contribution in [2.45, 2.75) is 25.7 Å². The number of hydrogen-bond acceptors (Lipinski definition) is 5. The van der Waals surface area contributed by atoms with Gasteiger partial charge in [-0.2, -0.15) is 0 Å². The molecule has 6 heteroatoms. The smallest absolute Gasteiger partial charge is 0.166 e. The van der Waals surface area contributed by atoms with Crippen molar-refractivity contribution in [1.82, 2.24) is 10.6 Å². The zero-order chi connectivity index (χ0) is 18.1. The van der Waals surface area contributed by atoms with Crippen molar-refractivity contribution in [3.05, 3.63) is 53.6 Å². The van der Waals surface area contributed by atoms with Gasteiger partial charge >= 0.3 is 0 Å². The predicted molar refractivity (Wildman–Crippen MR) is 104 cm³/mol. The van der Waals surface area contributed by atoms with Gasteiger partial charge in [-0.3, -0.25) is 5.32 Å². The molecule has 1 fully saturated rings. The third kappa shape index (κ3) is 2.99. The van der Waals surface area contributed by atoms with Gasteiger partial charge in [0.05, 0.1) is 24.6 Å². The lowest BCUT2D eigenvalue weighted by Gasteiger charge is -2.42. The summed E-state index contributed by atoms with van der Waals surface area (Å²) in [5, 5.41) is 6.94. The maximum Gasteiger partial charge on any atom is 0.166 e. The maximum absolute atomic E-state index is 6.31. The molecular formula is C20H22N2O3S. The van der Waals surface area contributed by atoms with Crippen LogP contribution in [0.4, 0.5) is 0 Å². The van der Waals surface area contributed by atoms with Crippen LogP contribution in [0.15, 0.2) is 42.5 Å². The molecule has 2 aliphatic heterocycles. The maximum atomic E-state index is 6.31. The van der Waals surface area contributed by atoms with Crippen LogP contribution in [0.1, 0.15) is 24.2 Å². The molecule has 2 aliphatic rings. The first-order chi connectivity index (χ1) is 12.7. The quantitative estimate of drug-likeness (QED) is 0.806. The Bertz CT molecular complexity index is 826. The number of para-hydroxylation sites is 2. The number of methoxy groups -OCH3 is 1. The molecule has 3 atom stereocenters. The second-order valence-corrected chi connectivity index (χ2v) is 6.82. The fourth-order valence-electron chi connectivity index (χ4n) is 3.59. The SMILES string of the molecule is CCOc1cccc2c1OC1NC(c3ccccc3OC)NC(=S)C1C2. The molecule has 136 valence electrons. The van der Waals surface area contributed by atoms with E-state index in [1.54, 1.807) is 7.11 Å². The average molecular weight is 370 g/mol. The molecule has 0 bridgehead atoms. The van der Waals surface area contributed by atoms with Crippen molar-refractivity contribution in [1.29, 1.82) is 0 Å². The largest absolute Gasteiger partial charge is 0.496 e. The van der Waals surface area contributed by atoms with Gasteiger partial charge in [-0.15, -0.1) is 0 Å². The Hall–Kier alpha value is -2.31.